The van der Waals surface area contributed by atoms with Crippen molar-refractivity contribution in [2.24, 2.45) is 0 Å². The third-order valence-corrected chi connectivity index (χ3v) is 5.52. The van der Waals surface area contributed by atoms with Crippen LogP contribution < -0.4 is 5.32 Å². The lowest BCUT2D eigenvalue weighted by molar-refractivity contribution is 0.0600. The van der Waals surface area contributed by atoms with Gasteiger partial charge >= 0.3 is 5.97 Å². The average molecular weight is 424 g/mol. The van der Waals surface area contributed by atoms with Crippen molar-refractivity contribution in [1.29, 1.82) is 0 Å². The number of hydrogen-bond acceptors (Lipinski definition) is 5. The van der Waals surface area contributed by atoms with E-state index in [2.05, 4.69) is 15.3 Å². The molecule has 1 amide bonds. The van der Waals surface area contributed by atoms with Crippen molar-refractivity contribution in [3.8, 4) is 33.9 Å². The number of hydrogen-bond donors (Lipinski definition) is 2. The molecule has 0 bridgehead atoms. The van der Waals surface area contributed by atoms with Gasteiger partial charge in [0.15, 0.2) is 5.82 Å². The minimum Gasteiger partial charge on any atom is -0.465 e. The lowest BCUT2D eigenvalue weighted by atomic mass is 10.0. The predicted octanol–water partition coefficient (Wildman–Crippen LogP) is 3.88. The maximum absolute atomic E-state index is 12.0. The van der Waals surface area contributed by atoms with Crippen LogP contribution in [0.4, 0.5) is 0 Å². The molecule has 4 aromatic rings. The zero-order chi connectivity index (χ0) is 22.1. The van der Waals surface area contributed by atoms with Crippen LogP contribution in [0.5, 0.6) is 0 Å². The highest BCUT2D eigenvalue weighted by molar-refractivity contribution is 5.97. The second-order valence-electron chi connectivity index (χ2n) is 7.49. The van der Waals surface area contributed by atoms with Crippen molar-refractivity contribution >= 4 is 11.9 Å². The van der Waals surface area contributed by atoms with Crippen LogP contribution in [-0.2, 0) is 11.2 Å². The average Bonchev–Trinajstić information content (AvgIpc) is 3.30. The molecule has 0 unspecified atom stereocenters. The molecular weight excluding hydrogens is 404 g/mol. The van der Waals surface area contributed by atoms with E-state index in [0.717, 1.165) is 40.2 Å². The van der Waals surface area contributed by atoms with Crippen LogP contribution in [0, 0.1) is 0 Å². The van der Waals surface area contributed by atoms with Crippen LogP contribution in [0.1, 0.15) is 26.4 Å². The molecule has 0 saturated carbocycles. The summed E-state index contributed by atoms with van der Waals surface area (Å²) in [5, 5.41) is 2.86. The molecule has 0 saturated heterocycles. The van der Waals surface area contributed by atoms with Crippen molar-refractivity contribution in [3.05, 3.63) is 83.7 Å². The van der Waals surface area contributed by atoms with Gasteiger partial charge in [0.05, 0.1) is 29.6 Å². The number of amides is 1. The van der Waals surface area contributed by atoms with Gasteiger partial charge in [-0.1, -0.05) is 36.4 Å². The highest BCUT2D eigenvalue weighted by atomic mass is 16.5. The summed E-state index contributed by atoms with van der Waals surface area (Å²) in [4.78, 5) is 36.1. The Hall–Kier alpha value is -4.26. The molecule has 158 valence electrons. The number of H-pyrrole nitrogens is 1. The van der Waals surface area contributed by atoms with Crippen LogP contribution in [0.15, 0.2) is 66.9 Å². The van der Waals surface area contributed by atoms with E-state index < -0.39 is 0 Å². The maximum atomic E-state index is 12.0. The third-order valence-electron chi connectivity index (χ3n) is 5.52. The number of esters is 1. The first-order valence-corrected chi connectivity index (χ1v) is 10.2. The summed E-state index contributed by atoms with van der Waals surface area (Å²) in [7, 11) is 1.37. The SMILES string of the molecule is COC(=O)c1ccc(-c2ccc(-c3nccc(-c4cc5c([nH]4)CCNC5=O)n3)cc2)cc1. The number of aromatic nitrogens is 3. The molecule has 0 radical (unpaired) electrons. The van der Waals surface area contributed by atoms with Gasteiger partial charge in [0, 0.05) is 30.4 Å². The van der Waals surface area contributed by atoms with Crippen LogP contribution in [0.3, 0.4) is 0 Å². The van der Waals surface area contributed by atoms with Gasteiger partial charge in [-0.2, -0.15) is 0 Å². The van der Waals surface area contributed by atoms with Crippen molar-refractivity contribution in [1.82, 2.24) is 20.3 Å². The van der Waals surface area contributed by atoms with Gasteiger partial charge in [-0.3, -0.25) is 4.79 Å². The van der Waals surface area contributed by atoms with Crippen LogP contribution in [0.25, 0.3) is 33.9 Å². The summed E-state index contributed by atoms with van der Waals surface area (Å²) >= 11 is 0. The fraction of sp³-hybridized carbons (Fsp3) is 0.120. The molecule has 7 heteroatoms. The van der Waals surface area contributed by atoms with Gasteiger partial charge in [0.1, 0.15) is 0 Å². The van der Waals surface area contributed by atoms with E-state index in [-0.39, 0.29) is 11.9 Å². The number of methoxy groups -OCH3 is 1. The fourth-order valence-electron chi connectivity index (χ4n) is 3.81. The summed E-state index contributed by atoms with van der Waals surface area (Å²) < 4.78 is 4.74. The predicted molar refractivity (Wildman–Crippen MR) is 120 cm³/mol. The van der Waals surface area contributed by atoms with E-state index in [1.165, 1.54) is 7.11 Å². The van der Waals surface area contributed by atoms with Crippen molar-refractivity contribution in [2.75, 3.05) is 13.7 Å². The number of benzene rings is 2. The lowest BCUT2D eigenvalue weighted by Crippen LogP contribution is -2.31. The first-order valence-electron chi connectivity index (χ1n) is 10.2. The fourth-order valence-corrected chi connectivity index (χ4v) is 3.81. The molecule has 2 N–H and O–H groups in total. The Morgan fingerprint density at radius 2 is 1.66 bits per heavy atom. The Balaban J connectivity index is 1.40. The van der Waals surface area contributed by atoms with Crippen molar-refractivity contribution in [2.45, 2.75) is 6.42 Å². The highest BCUT2D eigenvalue weighted by Gasteiger charge is 2.20. The molecule has 5 rings (SSSR count). The zero-order valence-electron chi connectivity index (χ0n) is 17.4. The molecule has 0 spiro atoms. The minimum atomic E-state index is -0.354. The van der Waals surface area contributed by atoms with E-state index in [9.17, 15) is 9.59 Å². The summed E-state index contributed by atoms with van der Waals surface area (Å²) in [5.74, 6) is 0.192. The van der Waals surface area contributed by atoms with E-state index >= 15 is 0 Å². The molecule has 3 heterocycles. The quantitative estimate of drug-likeness (QED) is 0.485. The zero-order valence-corrected chi connectivity index (χ0v) is 17.4. The molecule has 7 nitrogen and oxygen atoms in total. The molecule has 2 aromatic heterocycles. The minimum absolute atomic E-state index is 0.0572. The number of nitrogens with one attached hydrogen (secondary N) is 2. The maximum Gasteiger partial charge on any atom is 0.337 e. The molecule has 0 aliphatic carbocycles. The Kier molecular flexibility index (Phi) is 4.99. The number of fused-ring (bicyclic) bond motifs is 1. The summed E-state index contributed by atoms with van der Waals surface area (Å²) in [6, 6.07) is 18.9. The molecular formula is C25H20N4O3. The third kappa shape index (κ3) is 3.65. The van der Waals surface area contributed by atoms with E-state index in [1.54, 1.807) is 18.3 Å². The normalized spacial score (nSPS) is 12.7. The topological polar surface area (TPSA) is 97.0 Å². The second kappa shape index (κ2) is 8.11. The van der Waals surface area contributed by atoms with Crippen molar-refractivity contribution < 1.29 is 14.3 Å². The van der Waals surface area contributed by atoms with Crippen LogP contribution >= 0.6 is 0 Å². The van der Waals surface area contributed by atoms with Crippen LogP contribution in [0.2, 0.25) is 0 Å². The molecule has 1 aliphatic rings. The number of aromatic amines is 1. The van der Waals surface area contributed by atoms with Crippen molar-refractivity contribution in [3.63, 3.8) is 0 Å². The molecule has 32 heavy (non-hydrogen) atoms. The number of carbonyl (C=O) groups excluding carboxylic acids is 2. The highest BCUT2D eigenvalue weighted by Crippen LogP contribution is 2.26. The van der Waals surface area contributed by atoms with Gasteiger partial charge in [-0.15, -0.1) is 0 Å². The Morgan fingerprint density at radius 3 is 2.34 bits per heavy atom. The van der Waals surface area contributed by atoms with Gasteiger partial charge < -0.3 is 15.0 Å². The molecule has 1 aliphatic heterocycles. The lowest BCUT2D eigenvalue weighted by Gasteiger charge is -2.10. The van der Waals surface area contributed by atoms with Crippen LogP contribution in [-0.4, -0.2) is 40.5 Å². The summed E-state index contributed by atoms with van der Waals surface area (Å²) in [6.07, 6.45) is 2.50. The second-order valence-corrected chi connectivity index (χ2v) is 7.49. The molecule has 0 atom stereocenters. The molecule has 0 fully saturated rings. The number of carbonyl (C=O) groups is 2. The largest absolute Gasteiger partial charge is 0.465 e. The van der Waals surface area contributed by atoms with E-state index in [4.69, 9.17) is 9.72 Å². The summed E-state index contributed by atoms with van der Waals surface area (Å²) in [5.41, 5.74) is 6.56. The van der Waals surface area contributed by atoms with Gasteiger partial charge in [0.25, 0.3) is 5.91 Å². The monoisotopic (exact) mass is 424 g/mol. The van der Waals surface area contributed by atoms with E-state index in [1.807, 2.05) is 48.5 Å². The number of rotatable bonds is 4. The van der Waals surface area contributed by atoms with Gasteiger partial charge in [-0.25, -0.2) is 14.8 Å². The number of nitrogens with zero attached hydrogens (tertiary/aromatic N) is 2. The van der Waals surface area contributed by atoms with Gasteiger partial charge in [-0.05, 0) is 35.4 Å². The smallest absolute Gasteiger partial charge is 0.337 e. The first kappa shape index (κ1) is 19.7. The standard InChI is InChI=1S/C25H20N4O3/c1-32-25(31)18-8-4-16(5-9-18)15-2-6-17(7-3-15)23-26-12-11-21(29-23)22-14-19-20(28-22)10-13-27-24(19)30/h2-9,11-12,14,28H,10,13H2,1H3,(H,27,30). The number of ether oxygens (including phenoxy) is 1. The Labute approximate surface area is 184 Å². The van der Waals surface area contributed by atoms with E-state index in [0.29, 0.717) is 23.5 Å². The Morgan fingerprint density at radius 1 is 0.969 bits per heavy atom. The van der Waals surface area contributed by atoms with Gasteiger partial charge in [0.2, 0.25) is 0 Å². The summed E-state index contributed by atoms with van der Waals surface area (Å²) in [6.45, 7) is 0.637. The molecule has 2 aromatic carbocycles. The first-order chi connectivity index (χ1) is 15.6. The Bertz CT molecular complexity index is 1310.